The Balaban J connectivity index is 1.37. The molecule has 0 radical (unpaired) electrons. The second-order valence-corrected chi connectivity index (χ2v) is 9.11. The fraction of sp³-hybridized carbons (Fsp3) is 0.364. The van der Waals surface area contributed by atoms with Gasteiger partial charge in [0.1, 0.15) is 0 Å². The van der Waals surface area contributed by atoms with Gasteiger partial charge in [-0.05, 0) is 73.3 Å². The van der Waals surface area contributed by atoms with Crippen molar-refractivity contribution in [1.82, 2.24) is 25.1 Å². The minimum Gasteiger partial charge on any atom is -0.369 e. The number of hydrogen-bond acceptors (Lipinski definition) is 7. The quantitative estimate of drug-likeness (QED) is 0.594. The standard InChI is InChI=1S/C22H27N7OS/c1-16-5-4-6-20(15-16)29-22(24-25-26-29)31-17(2)21(30)23-18-7-9-19(10-8-18)28-13-11-27(3)12-14-28/h4-10,15,17H,11-14H2,1-3H3,(H,23,30)/t17-/m0/s1. The summed E-state index contributed by atoms with van der Waals surface area (Å²) >= 11 is 1.33. The van der Waals surface area contributed by atoms with Gasteiger partial charge in [-0.3, -0.25) is 4.79 Å². The van der Waals surface area contributed by atoms with Crippen LogP contribution in [0.1, 0.15) is 12.5 Å². The van der Waals surface area contributed by atoms with Crippen LogP contribution in [-0.4, -0.2) is 69.5 Å². The molecule has 0 bridgehead atoms. The molecule has 1 atom stereocenters. The van der Waals surface area contributed by atoms with Crippen molar-refractivity contribution in [2.45, 2.75) is 24.3 Å². The van der Waals surface area contributed by atoms with Crippen LogP contribution in [0.5, 0.6) is 0 Å². The minimum absolute atomic E-state index is 0.0869. The summed E-state index contributed by atoms with van der Waals surface area (Å²) in [5.41, 5.74) is 3.97. The van der Waals surface area contributed by atoms with E-state index in [1.807, 2.05) is 50.2 Å². The molecule has 1 aromatic heterocycles. The molecule has 3 aromatic rings. The van der Waals surface area contributed by atoms with E-state index >= 15 is 0 Å². The molecule has 0 unspecified atom stereocenters. The normalized spacial score (nSPS) is 15.6. The maximum absolute atomic E-state index is 12.7. The second kappa shape index (κ2) is 9.49. The Bertz CT molecular complexity index is 1030. The van der Waals surface area contributed by atoms with E-state index in [4.69, 9.17) is 0 Å². The number of likely N-dealkylation sites (N-methyl/N-ethyl adjacent to an activating group) is 1. The summed E-state index contributed by atoms with van der Waals surface area (Å²) < 4.78 is 1.66. The molecule has 1 fully saturated rings. The first-order valence-electron chi connectivity index (χ1n) is 10.4. The van der Waals surface area contributed by atoms with Gasteiger partial charge in [0.25, 0.3) is 0 Å². The van der Waals surface area contributed by atoms with Crippen molar-refractivity contribution in [3.8, 4) is 5.69 Å². The third kappa shape index (κ3) is 5.23. The molecule has 1 aliphatic heterocycles. The lowest BCUT2D eigenvalue weighted by Gasteiger charge is -2.34. The summed E-state index contributed by atoms with van der Waals surface area (Å²) in [6.45, 7) is 8.04. The van der Waals surface area contributed by atoms with Gasteiger partial charge in [-0.25, -0.2) is 0 Å². The Kier molecular flexibility index (Phi) is 6.53. The molecule has 0 spiro atoms. The zero-order valence-corrected chi connectivity index (χ0v) is 18.8. The van der Waals surface area contributed by atoms with Crippen molar-refractivity contribution < 1.29 is 4.79 Å². The summed E-state index contributed by atoms with van der Waals surface area (Å²) in [5, 5.41) is 15.2. The molecule has 4 rings (SSSR count). The molecule has 1 saturated heterocycles. The van der Waals surface area contributed by atoms with Gasteiger partial charge in [-0.15, -0.1) is 5.10 Å². The molecule has 0 saturated carbocycles. The number of piperazine rings is 1. The third-order valence-electron chi connectivity index (χ3n) is 5.34. The minimum atomic E-state index is -0.355. The summed E-state index contributed by atoms with van der Waals surface area (Å²) in [7, 11) is 2.15. The number of hydrogen-bond donors (Lipinski definition) is 1. The summed E-state index contributed by atoms with van der Waals surface area (Å²) in [6.07, 6.45) is 0. The van der Waals surface area contributed by atoms with Gasteiger partial charge < -0.3 is 15.1 Å². The Morgan fingerprint density at radius 1 is 1.06 bits per heavy atom. The zero-order valence-electron chi connectivity index (χ0n) is 18.0. The van der Waals surface area contributed by atoms with Crippen molar-refractivity contribution in [2.75, 3.05) is 43.4 Å². The summed E-state index contributed by atoms with van der Waals surface area (Å²) in [5.74, 6) is -0.0869. The number of benzene rings is 2. The van der Waals surface area contributed by atoms with E-state index in [-0.39, 0.29) is 11.2 Å². The average molecular weight is 438 g/mol. The van der Waals surface area contributed by atoms with Gasteiger partial charge in [0.05, 0.1) is 10.9 Å². The zero-order chi connectivity index (χ0) is 21.8. The topological polar surface area (TPSA) is 79.2 Å². The van der Waals surface area contributed by atoms with Crippen LogP contribution in [0.15, 0.2) is 53.7 Å². The van der Waals surface area contributed by atoms with Gasteiger partial charge in [0.15, 0.2) is 0 Å². The highest BCUT2D eigenvalue weighted by molar-refractivity contribution is 8.00. The third-order valence-corrected chi connectivity index (χ3v) is 6.37. The van der Waals surface area contributed by atoms with E-state index in [9.17, 15) is 4.79 Å². The smallest absolute Gasteiger partial charge is 0.237 e. The molecule has 8 nitrogen and oxygen atoms in total. The summed E-state index contributed by atoms with van der Waals surface area (Å²) in [6, 6.07) is 16.0. The number of rotatable bonds is 6. The fourth-order valence-corrected chi connectivity index (χ4v) is 4.26. The average Bonchev–Trinajstić information content (AvgIpc) is 3.23. The van der Waals surface area contributed by atoms with E-state index in [0.29, 0.717) is 5.16 Å². The number of amides is 1. The van der Waals surface area contributed by atoms with Crippen molar-refractivity contribution in [2.24, 2.45) is 0 Å². The molecule has 9 heteroatoms. The maximum Gasteiger partial charge on any atom is 0.237 e. The van der Waals surface area contributed by atoms with Crippen molar-refractivity contribution >= 4 is 29.0 Å². The molecule has 1 N–H and O–H groups in total. The first-order valence-corrected chi connectivity index (χ1v) is 11.2. The number of aromatic nitrogens is 4. The molecule has 31 heavy (non-hydrogen) atoms. The number of carbonyl (C=O) groups is 1. The predicted molar refractivity (Wildman–Crippen MR) is 124 cm³/mol. The first kappa shape index (κ1) is 21.3. The van der Waals surface area contributed by atoms with Crippen LogP contribution in [-0.2, 0) is 4.79 Å². The number of carbonyl (C=O) groups excluding carboxylic acids is 1. The summed E-state index contributed by atoms with van der Waals surface area (Å²) in [4.78, 5) is 17.4. The van der Waals surface area contributed by atoms with Crippen LogP contribution in [0.3, 0.4) is 0 Å². The number of nitrogens with zero attached hydrogens (tertiary/aromatic N) is 6. The number of anilines is 2. The highest BCUT2D eigenvalue weighted by atomic mass is 32.2. The van der Waals surface area contributed by atoms with Gasteiger partial charge in [-0.1, -0.05) is 23.9 Å². The number of aryl methyl sites for hydroxylation is 1. The predicted octanol–water partition coefficient (Wildman–Crippen LogP) is 2.84. The Morgan fingerprint density at radius 2 is 1.81 bits per heavy atom. The van der Waals surface area contributed by atoms with E-state index in [1.165, 1.54) is 17.4 Å². The molecule has 1 aliphatic rings. The van der Waals surface area contributed by atoms with Crippen molar-refractivity contribution in [3.05, 3.63) is 54.1 Å². The highest BCUT2D eigenvalue weighted by Gasteiger charge is 2.20. The Labute approximate surface area is 186 Å². The van der Waals surface area contributed by atoms with Crippen molar-refractivity contribution in [1.29, 1.82) is 0 Å². The number of thioether (sulfide) groups is 1. The highest BCUT2D eigenvalue weighted by Crippen LogP contribution is 2.25. The molecular formula is C22H27N7OS. The van der Waals surface area contributed by atoms with Crippen LogP contribution in [0.4, 0.5) is 11.4 Å². The molecule has 2 heterocycles. The molecule has 162 valence electrons. The van der Waals surface area contributed by atoms with Gasteiger partial charge in [0, 0.05) is 37.6 Å². The second-order valence-electron chi connectivity index (χ2n) is 7.80. The Morgan fingerprint density at radius 3 is 2.52 bits per heavy atom. The molecule has 2 aromatic carbocycles. The van der Waals surface area contributed by atoms with Crippen LogP contribution in [0.25, 0.3) is 5.69 Å². The number of nitrogens with one attached hydrogen (secondary N) is 1. The largest absolute Gasteiger partial charge is 0.369 e. The van der Waals surface area contributed by atoms with E-state index in [0.717, 1.165) is 43.1 Å². The van der Waals surface area contributed by atoms with Crippen LogP contribution in [0, 0.1) is 6.92 Å². The SMILES string of the molecule is Cc1cccc(-n2nnnc2S[C@@H](C)C(=O)Nc2ccc(N3CCN(C)CC3)cc2)c1. The lowest BCUT2D eigenvalue weighted by molar-refractivity contribution is -0.115. The first-order chi connectivity index (χ1) is 15.0. The Hall–Kier alpha value is -2.91. The lowest BCUT2D eigenvalue weighted by Crippen LogP contribution is -2.44. The maximum atomic E-state index is 12.7. The van der Waals surface area contributed by atoms with Crippen LogP contribution < -0.4 is 10.2 Å². The van der Waals surface area contributed by atoms with Gasteiger partial charge in [-0.2, -0.15) is 4.68 Å². The molecule has 0 aliphatic carbocycles. The van der Waals surface area contributed by atoms with E-state index in [1.54, 1.807) is 4.68 Å². The van der Waals surface area contributed by atoms with E-state index in [2.05, 4.69) is 49.8 Å². The monoisotopic (exact) mass is 437 g/mol. The lowest BCUT2D eigenvalue weighted by atomic mass is 10.2. The van der Waals surface area contributed by atoms with Crippen LogP contribution in [0.2, 0.25) is 0 Å². The number of tetrazole rings is 1. The van der Waals surface area contributed by atoms with Gasteiger partial charge in [0.2, 0.25) is 11.1 Å². The van der Waals surface area contributed by atoms with E-state index < -0.39 is 0 Å². The van der Waals surface area contributed by atoms with Crippen LogP contribution >= 0.6 is 11.8 Å². The molecule has 1 amide bonds. The van der Waals surface area contributed by atoms with Crippen molar-refractivity contribution in [3.63, 3.8) is 0 Å². The molecular weight excluding hydrogens is 410 g/mol. The fourth-order valence-electron chi connectivity index (χ4n) is 3.45. The van der Waals surface area contributed by atoms with Gasteiger partial charge >= 0.3 is 0 Å².